The van der Waals surface area contributed by atoms with E-state index in [4.69, 9.17) is 0 Å². The molecule has 0 bridgehead atoms. The highest BCUT2D eigenvalue weighted by molar-refractivity contribution is 5.22. The van der Waals surface area contributed by atoms with Crippen molar-refractivity contribution in [3.63, 3.8) is 0 Å². The third-order valence-corrected chi connectivity index (χ3v) is 4.98. The first kappa shape index (κ1) is 16.5. The summed E-state index contributed by atoms with van der Waals surface area (Å²) in [6, 6.07) is 9.53. The summed E-state index contributed by atoms with van der Waals surface area (Å²) in [5.74, 6) is 0.773. The zero-order valence-electron chi connectivity index (χ0n) is 14.4. The van der Waals surface area contributed by atoms with E-state index in [-0.39, 0.29) is 0 Å². The minimum atomic E-state index is 0.435. The summed E-state index contributed by atoms with van der Waals surface area (Å²) in [4.78, 5) is 2.49. The first-order valence-corrected chi connectivity index (χ1v) is 8.40. The maximum atomic E-state index is 3.74. The van der Waals surface area contributed by atoms with Crippen molar-refractivity contribution in [3.8, 4) is 0 Å². The molecule has 1 aromatic rings. The van der Waals surface area contributed by atoms with Crippen LogP contribution in [0.5, 0.6) is 0 Å². The number of hydrogen-bond donors (Lipinski definition) is 1. The molecular formula is C19H32N2. The predicted octanol–water partition coefficient (Wildman–Crippen LogP) is 3.84. The summed E-state index contributed by atoms with van der Waals surface area (Å²) in [7, 11) is 2.26. The number of rotatable bonds is 6. The molecule has 0 amide bonds. The molecule has 0 spiro atoms. The molecule has 1 N–H and O–H groups in total. The predicted molar refractivity (Wildman–Crippen MR) is 91.5 cm³/mol. The monoisotopic (exact) mass is 288 g/mol. The topological polar surface area (TPSA) is 15.3 Å². The van der Waals surface area contributed by atoms with E-state index in [2.05, 4.69) is 69.2 Å². The number of nitrogens with one attached hydrogen (secondary N) is 1. The summed E-state index contributed by atoms with van der Waals surface area (Å²) in [6.07, 6.45) is 2.69. The quantitative estimate of drug-likeness (QED) is 0.855. The van der Waals surface area contributed by atoms with Crippen LogP contribution in [0.15, 0.2) is 24.3 Å². The number of benzene rings is 1. The van der Waals surface area contributed by atoms with Gasteiger partial charge in [-0.15, -0.1) is 0 Å². The van der Waals surface area contributed by atoms with Gasteiger partial charge in [0.15, 0.2) is 0 Å². The molecule has 1 aliphatic carbocycles. The Balaban J connectivity index is 1.94. The Bertz CT molecular complexity index is 453. The second kappa shape index (κ2) is 6.93. The lowest BCUT2D eigenvalue weighted by Gasteiger charge is -2.33. The van der Waals surface area contributed by atoms with Crippen LogP contribution in [0.1, 0.15) is 44.7 Å². The Hall–Kier alpha value is -0.860. The van der Waals surface area contributed by atoms with Crippen LogP contribution in [0.2, 0.25) is 0 Å². The molecule has 0 saturated heterocycles. The zero-order valence-corrected chi connectivity index (χ0v) is 14.4. The lowest BCUT2D eigenvalue weighted by atomic mass is 9.84. The van der Waals surface area contributed by atoms with Gasteiger partial charge in [-0.2, -0.15) is 0 Å². The minimum absolute atomic E-state index is 0.435. The zero-order chi connectivity index (χ0) is 15.5. The highest BCUT2D eigenvalue weighted by atomic mass is 15.1. The van der Waals surface area contributed by atoms with Gasteiger partial charge >= 0.3 is 0 Å². The summed E-state index contributed by atoms with van der Waals surface area (Å²) >= 11 is 0. The fourth-order valence-corrected chi connectivity index (χ4v) is 3.96. The van der Waals surface area contributed by atoms with E-state index in [1.165, 1.54) is 30.5 Å². The maximum absolute atomic E-state index is 3.74. The van der Waals surface area contributed by atoms with Gasteiger partial charge in [0.25, 0.3) is 0 Å². The molecule has 2 nitrogen and oxygen atoms in total. The van der Waals surface area contributed by atoms with E-state index >= 15 is 0 Å². The summed E-state index contributed by atoms with van der Waals surface area (Å²) in [5.41, 5.74) is 3.22. The van der Waals surface area contributed by atoms with Gasteiger partial charge in [0, 0.05) is 19.1 Å². The second-order valence-electron chi connectivity index (χ2n) is 7.51. The Morgan fingerprint density at radius 1 is 1.33 bits per heavy atom. The molecule has 2 heteroatoms. The summed E-state index contributed by atoms with van der Waals surface area (Å²) in [6.45, 7) is 12.5. The van der Waals surface area contributed by atoms with E-state index in [0.29, 0.717) is 11.5 Å². The van der Waals surface area contributed by atoms with Crippen LogP contribution >= 0.6 is 0 Å². The van der Waals surface area contributed by atoms with E-state index in [9.17, 15) is 0 Å². The third-order valence-electron chi connectivity index (χ3n) is 4.98. The average Bonchev–Trinajstić information content (AvgIpc) is 2.66. The van der Waals surface area contributed by atoms with Crippen molar-refractivity contribution < 1.29 is 0 Å². The normalized spacial score (nSPS) is 24.7. The van der Waals surface area contributed by atoms with Crippen molar-refractivity contribution in [2.24, 2.45) is 11.3 Å². The van der Waals surface area contributed by atoms with Crippen LogP contribution < -0.4 is 5.32 Å². The number of aryl methyl sites for hydroxylation is 1. The molecule has 2 rings (SSSR count). The van der Waals surface area contributed by atoms with Gasteiger partial charge in [-0.05, 0) is 50.3 Å². The lowest BCUT2D eigenvalue weighted by molar-refractivity contribution is 0.202. The molecule has 0 radical (unpaired) electrons. The van der Waals surface area contributed by atoms with E-state index in [0.717, 1.165) is 19.0 Å². The fraction of sp³-hybridized carbons (Fsp3) is 0.684. The van der Waals surface area contributed by atoms with Gasteiger partial charge in [0.1, 0.15) is 0 Å². The van der Waals surface area contributed by atoms with Crippen molar-refractivity contribution in [2.45, 2.75) is 53.1 Å². The van der Waals surface area contributed by atoms with Crippen molar-refractivity contribution in [2.75, 3.05) is 20.1 Å². The third kappa shape index (κ3) is 4.31. The largest absolute Gasteiger partial charge is 0.313 e. The molecule has 0 aliphatic heterocycles. The highest BCUT2D eigenvalue weighted by Crippen LogP contribution is 2.41. The number of hydrogen-bond acceptors (Lipinski definition) is 2. The lowest BCUT2D eigenvalue weighted by Crippen LogP contribution is -2.45. The molecule has 2 unspecified atom stereocenters. The van der Waals surface area contributed by atoms with Crippen LogP contribution in [0.25, 0.3) is 0 Å². The summed E-state index contributed by atoms with van der Waals surface area (Å²) < 4.78 is 0. The Kier molecular flexibility index (Phi) is 5.45. The van der Waals surface area contributed by atoms with Gasteiger partial charge < -0.3 is 10.2 Å². The standard InChI is InChI=1S/C19H32N2/c1-6-20-18-17(10-11-19(18,3)4)14-21(5)13-16-9-7-8-15(2)12-16/h7-9,12,17-18,20H,6,10-11,13-14H2,1-5H3. The fourth-order valence-electron chi connectivity index (χ4n) is 3.96. The van der Waals surface area contributed by atoms with Gasteiger partial charge in [-0.3, -0.25) is 0 Å². The Morgan fingerprint density at radius 3 is 2.76 bits per heavy atom. The smallest absolute Gasteiger partial charge is 0.0230 e. The van der Waals surface area contributed by atoms with Crippen molar-refractivity contribution in [3.05, 3.63) is 35.4 Å². The molecule has 0 heterocycles. The van der Waals surface area contributed by atoms with Gasteiger partial charge in [0.2, 0.25) is 0 Å². The average molecular weight is 288 g/mol. The van der Waals surface area contributed by atoms with Crippen LogP contribution in [0.4, 0.5) is 0 Å². The second-order valence-corrected chi connectivity index (χ2v) is 7.51. The maximum Gasteiger partial charge on any atom is 0.0230 e. The number of nitrogens with zero attached hydrogens (tertiary/aromatic N) is 1. The Labute approximate surface area is 130 Å². The van der Waals surface area contributed by atoms with E-state index in [1.807, 2.05) is 0 Å². The van der Waals surface area contributed by atoms with Crippen molar-refractivity contribution >= 4 is 0 Å². The molecule has 1 saturated carbocycles. The van der Waals surface area contributed by atoms with Crippen LogP contribution in [-0.4, -0.2) is 31.1 Å². The van der Waals surface area contributed by atoms with Crippen LogP contribution in [-0.2, 0) is 6.54 Å². The highest BCUT2D eigenvalue weighted by Gasteiger charge is 2.41. The summed E-state index contributed by atoms with van der Waals surface area (Å²) in [5, 5.41) is 3.74. The molecule has 2 atom stereocenters. The molecule has 1 aliphatic rings. The first-order chi connectivity index (χ1) is 9.92. The van der Waals surface area contributed by atoms with Gasteiger partial charge in [0.05, 0.1) is 0 Å². The first-order valence-electron chi connectivity index (χ1n) is 8.40. The van der Waals surface area contributed by atoms with E-state index in [1.54, 1.807) is 0 Å². The van der Waals surface area contributed by atoms with Crippen LogP contribution in [0, 0.1) is 18.3 Å². The SMILES string of the molecule is CCNC1C(CN(C)Cc2cccc(C)c2)CCC1(C)C. The molecule has 21 heavy (non-hydrogen) atoms. The van der Waals surface area contributed by atoms with Gasteiger partial charge in [-0.25, -0.2) is 0 Å². The molecule has 1 aromatic carbocycles. The minimum Gasteiger partial charge on any atom is -0.313 e. The van der Waals surface area contributed by atoms with Gasteiger partial charge in [-0.1, -0.05) is 50.6 Å². The van der Waals surface area contributed by atoms with Crippen molar-refractivity contribution in [1.29, 1.82) is 0 Å². The van der Waals surface area contributed by atoms with Crippen molar-refractivity contribution in [1.82, 2.24) is 10.2 Å². The Morgan fingerprint density at radius 2 is 2.10 bits per heavy atom. The van der Waals surface area contributed by atoms with Crippen LogP contribution in [0.3, 0.4) is 0 Å². The molecule has 1 fully saturated rings. The molecule has 118 valence electrons. The molecular weight excluding hydrogens is 256 g/mol. The molecule has 0 aromatic heterocycles. The van der Waals surface area contributed by atoms with E-state index < -0.39 is 0 Å².